The molecule has 0 rings (SSSR count). The highest BCUT2D eigenvalue weighted by Crippen LogP contribution is 2.44. The highest BCUT2D eigenvalue weighted by atomic mass is 31.2. The molecule has 0 aliphatic rings. The van der Waals surface area contributed by atoms with Crippen molar-refractivity contribution in [1.29, 1.82) is 0 Å². The van der Waals surface area contributed by atoms with Crippen LogP contribution in [0.15, 0.2) is 0 Å². The van der Waals surface area contributed by atoms with Crippen molar-refractivity contribution in [2.45, 2.75) is 79.1 Å². The van der Waals surface area contributed by atoms with Gasteiger partial charge in [-0.3, -0.25) is 9.05 Å². The number of hydrogen-bond acceptors (Lipinski definition) is 6. The monoisotopic (exact) mass is 427 g/mol. The zero-order chi connectivity index (χ0) is 21.7. The molecule has 0 aliphatic carbocycles. The van der Waals surface area contributed by atoms with Crippen molar-refractivity contribution in [3.63, 3.8) is 0 Å². The van der Waals surface area contributed by atoms with Crippen LogP contribution in [0.3, 0.4) is 0 Å². The van der Waals surface area contributed by atoms with Crippen LogP contribution in [0.1, 0.15) is 79.1 Å². The minimum absolute atomic E-state index is 0.139. The number of nitrogens with one attached hydrogen (secondary N) is 1. The largest absolute Gasteiger partial charge is 0.472 e. The number of phosphoric ester groups is 1. The number of hydrogen-bond donors (Lipinski definition) is 4. The molecule has 0 amide bonds. The summed E-state index contributed by atoms with van der Waals surface area (Å²) in [5, 5.41) is 19.1. The molecule has 0 saturated heterocycles. The summed E-state index contributed by atoms with van der Waals surface area (Å²) >= 11 is 0. The number of phosphoric acid groups is 1. The van der Waals surface area contributed by atoms with Crippen LogP contribution in [0.25, 0.3) is 0 Å². The van der Waals surface area contributed by atoms with E-state index in [9.17, 15) is 9.46 Å². The lowest BCUT2D eigenvalue weighted by atomic mass is 10.0. The summed E-state index contributed by atoms with van der Waals surface area (Å²) in [6.45, 7) is 10.5. The van der Waals surface area contributed by atoms with Gasteiger partial charge < -0.3 is 20.4 Å². The third kappa shape index (κ3) is 20.7. The van der Waals surface area contributed by atoms with Crippen LogP contribution in [0.5, 0.6) is 0 Å². The van der Waals surface area contributed by atoms with Gasteiger partial charge in [-0.05, 0) is 24.7 Å². The first kappa shape index (κ1) is 30.2. The van der Waals surface area contributed by atoms with Gasteiger partial charge >= 0.3 is 7.82 Å². The first-order chi connectivity index (χ1) is 13.4. The van der Waals surface area contributed by atoms with Crippen LogP contribution in [0.4, 0.5) is 0 Å². The summed E-state index contributed by atoms with van der Waals surface area (Å²) in [6, 6.07) is 0. The number of unbranched alkanes of at least 4 members (excludes halogenated alkanes) is 2. The fourth-order valence-corrected chi connectivity index (χ4v) is 3.39. The highest BCUT2D eigenvalue weighted by Gasteiger charge is 2.24. The molecule has 0 aromatic heterocycles. The van der Waals surface area contributed by atoms with E-state index in [-0.39, 0.29) is 13.2 Å². The van der Waals surface area contributed by atoms with Crippen molar-refractivity contribution in [2.24, 2.45) is 11.8 Å². The Balaban J connectivity index is 0. The first-order valence-corrected chi connectivity index (χ1v) is 12.4. The Labute approximate surface area is 172 Å². The Morgan fingerprint density at radius 1 is 0.821 bits per heavy atom. The summed E-state index contributed by atoms with van der Waals surface area (Å²) < 4.78 is 22.2. The van der Waals surface area contributed by atoms with Crippen molar-refractivity contribution in [3.05, 3.63) is 0 Å². The lowest BCUT2D eigenvalue weighted by Gasteiger charge is -2.20. The van der Waals surface area contributed by atoms with Crippen molar-refractivity contribution in [2.75, 3.05) is 39.5 Å². The summed E-state index contributed by atoms with van der Waals surface area (Å²) in [5.41, 5.74) is 0. The molecular weight excluding hydrogens is 381 g/mol. The smallest absolute Gasteiger partial charge is 0.395 e. The van der Waals surface area contributed by atoms with Gasteiger partial charge in [-0.2, -0.15) is 0 Å². The molecule has 0 spiro atoms. The Bertz CT molecular complexity index is 332. The number of aliphatic hydroxyl groups is 2. The van der Waals surface area contributed by atoms with Gasteiger partial charge in [0.2, 0.25) is 0 Å². The molecule has 2 atom stereocenters. The SMILES string of the molecule is CCCCC(CC)COP(=O)(O)OCC(CC)CCCC.OCCNCCO. The van der Waals surface area contributed by atoms with Crippen molar-refractivity contribution in [1.82, 2.24) is 5.32 Å². The summed E-state index contributed by atoms with van der Waals surface area (Å²) in [5.74, 6) is 0.687. The molecule has 0 bridgehead atoms. The molecule has 0 aromatic carbocycles. The average Bonchev–Trinajstić information content (AvgIpc) is 2.69. The summed E-state index contributed by atoms with van der Waals surface area (Å²) in [4.78, 5) is 9.77. The second-order valence-corrected chi connectivity index (χ2v) is 8.54. The maximum Gasteiger partial charge on any atom is 0.472 e. The van der Waals surface area contributed by atoms with Crippen LogP contribution in [-0.2, 0) is 13.6 Å². The van der Waals surface area contributed by atoms with E-state index in [2.05, 4.69) is 33.0 Å². The quantitative estimate of drug-likeness (QED) is 0.192. The third-order valence-electron chi connectivity index (χ3n) is 4.61. The number of rotatable bonds is 18. The van der Waals surface area contributed by atoms with E-state index >= 15 is 0 Å². The minimum atomic E-state index is -3.89. The van der Waals surface area contributed by atoms with E-state index in [1.54, 1.807) is 0 Å². The van der Waals surface area contributed by atoms with Crippen LogP contribution >= 0.6 is 7.82 Å². The van der Waals surface area contributed by atoms with E-state index < -0.39 is 7.82 Å². The molecule has 8 heteroatoms. The van der Waals surface area contributed by atoms with E-state index in [0.717, 1.165) is 51.4 Å². The van der Waals surface area contributed by atoms with E-state index in [0.29, 0.717) is 38.1 Å². The summed E-state index contributed by atoms with van der Waals surface area (Å²) in [7, 11) is -3.89. The van der Waals surface area contributed by atoms with Crippen LogP contribution in [0.2, 0.25) is 0 Å². The molecule has 172 valence electrons. The van der Waals surface area contributed by atoms with Gasteiger partial charge in [-0.15, -0.1) is 0 Å². The standard InChI is InChI=1S/C16H35O4P.C4H11NO2/c1-5-9-11-15(7-3)13-19-21(17,18)20-14-16(8-4)12-10-6-2;6-3-1-5-2-4-7/h15-16H,5-14H2,1-4H3,(H,17,18);5-7H,1-4H2. The molecule has 4 N–H and O–H groups in total. The Hall–Kier alpha value is -0.0100. The van der Waals surface area contributed by atoms with Crippen molar-refractivity contribution >= 4 is 7.82 Å². The first-order valence-electron chi connectivity index (χ1n) is 10.9. The van der Waals surface area contributed by atoms with Crippen LogP contribution in [-0.4, -0.2) is 54.6 Å². The van der Waals surface area contributed by atoms with Crippen molar-refractivity contribution in [3.8, 4) is 0 Å². The average molecular weight is 428 g/mol. The second kappa shape index (κ2) is 21.7. The fourth-order valence-electron chi connectivity index (χ4n) is 2.52. The molecule has 0 fully saturated rings. The maximum absolute atomic E-state index is 11.9. The molecule has 0 saturated carbocycles. The Kier molecular flexibility index (Phi) is 23.4. The van der Waals surface area contributed by atoms with Crippen molar-refractivity contribution < 1.29 is 28.7 Å². The predicted octanol–water partition coefficient (Wildman–Crippen LogP) is 4.11. The zero-order valence-electron chi connectivity index (χ0n) is 18.6. The summed E-state index contributed by atoms with van der Waals surface area (Å²) in [6.07, 6.45) is 8.56. The number of aliphatic hydroxyl groups excluding tert-OH is 2. The topological polar surface area (TPSA) is 108 Å². The van der Waals surface area contributed by atoms with Gasteiger partial charge in [-0.1, -0.05) is 66.2 Å². The van der Waals surface area contributed by atoms with Gasteiger partial charge in [0.25, 0.3) is 0 Å². The third-order valence-corrected chi connectivity index (χ3v) is 5.56. The van der Waals surface area contributed by atoms with Gasteiger partial charge in [0.15, 0.2) is 0 Å². The Morgan fingerprint density at radius 2 is 1.21 bits per heavy atom. The van der Waals surface area contributed by atoms with Gasteiger partial charge in [0, 0.05) is 13.1 Å². The minimum Gasteiger partial charge on any atom is -0.395 e. The normalized spacial score (nSPS) is 15.4. The molecule has 7 nitrogen and oxygen atoms in total. The predicted molar refractivity (Wildman–Crippen MR) is 115 cm³/mol. The Morgan fingerprint density at radius 3 is 1.50 bits per heavy atom. The second-order valence-electron chi connectivity index (χ2n) is 7.09. The van der Waals surface area contributed by atoms with E-state index in [4.69, 9.17) is 19.3 Å². The van der Waals surface area contributed by atoms with E-state index in [1.807, 2.05) is 0 Å². The lowest BCUT2D eigenvalue weighted by Crippen LogP contribution is -2.21. The maximum atomic E-state index is 11.9. The van der Waals surface area contributed by atoms with Crippen LogP contribution < -0.4 is 5.32 Å². The molecule has 0 radical (unpaired) electrons. The fraction of sp³-hybridized carbons (Fsp3) is 1.00. The molecule has 28 heavy (non-hydrogen) atoms. The molecule has 0 aromatic rings. The molecule has 0 heterocycles. The van der Waals surface area contributed by atoms with Gasteiger partial charge in [0.1, 0.15) is 0 Å². The molecule has 2 unspecified atom stereocenters. The van der Waals surface area contributed by atoms with E-state index in [1.165, 1.54) is 0 Å². The highest BCUT2D eigenvalue weighted by molar-refractivity contribution is 7.47. The lowest BCUT2D eigenvalue weighted by molar-refractivity contribution is 0.110. The molecular formula is C20H46NO6P. The zero-order valence-corrected chi connectivity index (χ0v) is 19.5. The van der Waals surface area contributed by atoms with Crippen LogP contribution in [0, 0.1) is 11.8 Å². The van der Waals surface area contributed by atoms with Gasteiger partial charge in [-0.25, -0.2) is 4.57 Å². The van der Waals surface area contributed by atoms with Gasteiger partial charge in [0.05, 0.1) is 26.4 Å². The molecule has 0 aliphatic heterocycles.